The lowest BCUT2D eigenvalue weighted by Crippen LogP contribution is -2.45. The van der Waals surface area contributed by atoms with E-state index < -0.39 is 0 Å². The van der Waals surface area contributed by atoms with Crippen LogP contribution in [0.5, 0.6) is 11.5 Å². The number of likely N-dealkylation sites (tertiary alicyclic amines) is 1. The van der Waals surface area contributed by atoms with Gasteiger partial charge in [-0.05, 0) is 36.8 Å². The fourth-order valence-corrected chi connectivity index (χ4v) is 4.08. The van der Waals surface area contributed by atoms with Gasteiger partial charge in [0.2, 0.25) is 5.91 Å². The third-order valence-corrected chi connectivity index (χ3v) is 5.73. The molecule has 7 heteroatoms. The van der Waals surface area contributed by atoms with E-state index in [1.165, 1.54) is 0 Å². The van der Waals surface area contributed by atoms with E-state index >= 15 is 0 Å². The number of benzene rings is 1. The number of methoxy groups -OCH3 is 1. The molecule has 1 aromatic heterocycles. The van der Waals surface area contributed by atoms with Crippen molar-refractivity contribution in [2.75, 3.05) is 26.8 Å². The molecule has 3 heterocycles. The molecule has 1 fully saturated rings. The van der Waals surface area contributed by atoms with Crippen molar-refractivity contribution in [3.05, 3.63) is 35.9 Å². The van der Waals surface area contributed by atoms with E-state index in [-0.39, 0.29) is 11.8 Å². The van der Waals surface area contributed by atoms with Crippen LogP contribution < -0.4 is 9.47 Å². The van der Waals surface area contributed by atoms with Crippen LogP contribution >= 0.6 is 0 Å². The summed E-state index contributed by atoms with van der Waals surface area (Å²) < 4.78 is 13.2. The molecule has 0 N–H and O–H groups in total. The lowest BCUT2D eigenvalue weighted by atomic mass is 9.90. The molecular formula is C20H26N4O3. The largest absolute Gasteiger partial charge is 0.493 e. The molecule has 1 atom stereocenters. The standard InChI is InChI=1S/C20H26N4O3/c1-23-13-21-22-18(23)10-14-6-8-24(9-7-14)20(25)16-11-15-4-3-5-17(26-2)19(15)27-12-16/h3-5,13-14,16H,6-12H2,1-2H3/t16-/m0/s1. The van der Waals surface area contributed by atoms with Crippen molar-refractivity contribution in [1.29, 1.82) is 0 Å². The van der Waals surface area contributed by atoms with Crippen LogP contribution in [0.3, 0.4) is 0 Å². The van der Waals surface area contributed by atoms with Gasteiger partial charge in [0, 0.05) is 26.6 Å². The first kappa shape index (κ1) is 17.8. The zero-order valence-electron chi connectivity index (χ0n) is 15.9. The molecule has 2 aliphatic rings. The van der Waals surface area contributed by atoms with E-state index in [0.29, 0.717) is 18.9 Å². The maximum atomic E-state index is 13.0. The number of rotatable bonds is 4. The highest BCUT2D eigenvalue weighted by molar-refractivity contribution is 5.80. The van der Waals surface area contributed by atoms with Crippen molar-refractivity contribution < 1.29 is 14.3 Å². The van der Waals surface area contributed by atoms with Gasteiger partial charge < -0.3 is 18.9 Å². The van der Waals surface area contributed by atoms with Gasteiger partial charge in [0.25, 0.3) is 0 Å². The molecule has 1 saturated heterocycles. The Hall–Kier alpha value is -2.57. The van der Waals surface area contributed by atoms with Crippen molar-refractivity contribution in [2.24, 2.45) is 18.9 Å². The molecule has 1 amide bonds. The second kappa shape index (κ2) is 7.58. The number of ether oxygens (including phenoxy) is 2. The highest BCUT2D eigenvalue weighted by Crippen LogP contribution is 2.36. The van der Waals surface area contributed by atoms with Crippen LogP contribution in [0, 0.1) is 11.8 Å². The molecule has 144 valence electrons. The number of fused-ring (bicyclic) bond motifs is 1. The summed E-state index contributed by atoms with van der Waals surface area (Å²) in [6.07, 6.45) is 5.40. The van der Waals surface area contributed by atoms with Crippen molar-refractivity contribution >= 4 is 5.91 Å². The van der Waals surface area contributed by atoms with Crippen molar-refractivity contribution in [1.82, 2.24) is 19.7 Å². The monoisotopic (exact) mass is 370 g/mol. The minimum absolute atomic E-state index is 0.111. The number of hydrogen-bond donors (Lipinski definition) is 0. The van der Waals surface area contributed by atoms with Crippen LogP contribution in [0.1, 0.15) is 24.2 Å². The molecule has 1 aromatic carbocycles. The Balaban J connectivity index is 1.34. The molecule has 0 saturated carbocycles. The molecule has 0 radical (unpaired) electrons. The Morgan fingerprint density at radius 1 is 1.33 bits per heavy atom. The summed E-state index contributed by atoms with van der Waals surface area (Å²) in [6.45, 7) is 2.04. The molecule has 7 nitrogen and oxygen atoms in total. The fraction of sp³-hybridized carbons (Fsp3) is 0.550. The normalized spacial score (nSPS) is 20.1. The van der Waals surface area contributed by atoms with Crippen LogP contribution in [0.4, 0.5) is 0 Å². The quantitative estimate of drug-likeness (QED) is 0.822. The van der Waals surface area contributed by atoms with E-state index in [1.54, 1.807) is 13.4 Å². The average Bonchev–Trinajstić information content (AvgIpc) is 3.11. The van der Waals surface area contributed by atoms with Gasteiger partial charge >= 0.3 is 0 Å². The molecule has 2 aliphatic heterocycles. The lowest BCUT2D eigenvalue weighted by molar-refractivity contribution is -0.138. The van der Waals surface area contributed by atoms with E-state index in [0.717, 1.165) is 55.2 Å². The van der Waals surface area contributed by atoms with E-state index in [1.807, 2.05) is 34.7 Å². The van der Waals surface area contributed by atoms with Gasteiger partial charge in [-0.3, -0.25) is 4.79 Å². The van der Waals surface area contributed by atoms with Crippen molar-refractivity contribution in [3.63, 3.8) is 0 Å². The fourth-order valence-electron chi connectivity index (χ4n) is 4.08. The molecule has 27 heavy (non-hydrogen) atoms. The highest BCUT2D eigenvalue weighted by Gasteiger charge is 2.33. The van der Waals surface area contributed by atoms with Crippen molar-refractivity contribution in [2.45, 2.75) is 25.7 Å². The summed E-state index contributed by atoms with van der Waals surface area (Å²) in [5, 5.41) is 8.13. The average molecular weight is 370 g/mol. The van der Waals surface area contributed by atoms with E-state index in [2.05, 4.69) is 10.2 Å². The zero-order chi connectivity index (χ0) is 18.8. The van der Waals surface area contributed by atoms with Crippen LogP contribution in [0.25, 0.3) is 0 Å². The molecule has 0 bridgehead atoms. The number of aromatic nitrogens is 3. The van der Waals surface area contributed by atoms with Gasteiger partial charge in [-0.15, -0.1) is 10.2 Å². The highest BCUT2D eigenvalue weighted by atomic mass is 16.5. The minimum Gasteiger partial charge on any atom is -0.493 e. The zero-order valence-corrected chi connectivity index (χ0v) is 15.9. The van der Waals surface area contributed by atoms with Crippen LogP contribution in [-0.4, -0.2) is 52.4 Å². The number of carbonyl (C=O) groups excluding carboxylic acids is 1. The summed E-state index contributed by atoms with van der Waals surface area (Å²) in [4.78, 5) is 15.0. The van der Waals surface area contributed by atoms with Crippen LogP contribution in [0.2, 0.25) is 0 Å². The number of amides is 1. The van der Waals surface area contributed by atoms with Gasteiger partial charge in [0.1, 0.15) is 18.8 Å². The third kappa shape index (κ3) is 3.63. The van der Waals surface area contributed by atoms with E-state index in [4.69, 9.17) is 9.47 Å². The van der Waals surface area contributed by atoms with Gasteiger partial charge in [0.05, 0.1) is 13.0 Å². The van der Waals surface area contributed by atoms with Gasteiger partial charge in [-0.25, -0.2) is 0 Å². The maximum Gasteiger partial charge on any atom is 0.229 e. The molecular weight excluding hydrogens is 344 g/mol. The Morgan fingerprint density at radius 3 is 2.85 bits per heavy atom. The van der Waals surface area contributed by atoms with Crippen molar-refractivity contribution in [3.8, 4) is 11.5 Å². The first-order valence-electron chi connectivity index (χ1n) is 9.56. The Bertz CT molecular complexity index is 811. The Morgan fingerprint density at radius 2 is 2.15 bits per heavy atom. The molecule has 0 spiro atoms. The summed E-state index contributed by atoms with van der Waals surface area (Å²) >= 11 is 0. The third-order valence-electron chi connectivity index (χ3n) is 5.73. The number of aryl methyl sites for hydroxylation is 1. The minimum atomic E-state index is -0.111. The van der Waals surface area contributed by atoms with Gasteiger partial charge in [-0.2, -0.15) is 0 Å². The predicted molar refractivity (Wildman–Crippen MR) is 99.7 cm³/mol. The van der Waals surface area contributed by atoms with Crippen LogP contribution in [-0.2, 0) is 24.7 Å². The summed E-state index contributed by atoms with van der Waals surface area (Å²) in [5.41, 5.74) is 1.05. The summed E-state index contributed by atoms with van der Waals surface area (Å²) in [5.74, 6) is 3.20. The summed E-state index contributed by atoms with van der Waals surface area (Å²) in [7, 11) is 3.62. The van der Waals surface area contributed by atoms with Gasteiger partial charge in [0.15, 0.2) is 11.5 Å². The number of nitrogens with zero attached hydrogens (tertiary/aromatic N) is 4. The van der Waals surface area contributed by atoms with Crippen LogP contribution in [0.15, 0.2) is 24.5 Å². The SMILES string of the molecule is COc1cccc2c1OC[C@@H](C(=O)N1CCC(Cc3nncn3C)CC1)C2. The Kier molecular flexibility index (Phi) is 5.01. The maximum absolute atomic E-state index is 13.0. The number of hydrogen-bond acceptors (Lipinski definition) is 5. The Labute approximate surface area is 159 Å². The molecule has 4 rings (SSSR count). The summed E-state index contributed by atoms with van der Waals surface area (Å²) in [6, 6.07) is 5.86. The second-order valence-corrected chi connectivity index (χ2v) is 7.49. The van der Waals surface area contributed by atoms with Gasteiger partial charge in [-0.1, -0.05) is 12.1 Å². The first-order valence-corrected chi connectivity index (χ1v) is 9.56. The number of para-hydroxylation sites is 1. The molecule has 0 aliphatic carbocycles. The molecule has 2 aromatic rings. The first-order chi connectivity index (χ1) is 13.2. The second-order valence-electron chi connectivity index (χ2n) is 7.49. The predicted octanol–water partition coefficient (Wildman–Crippen LogP) is 1.86. The number of piperidine rings is 1. The topological polar surface area (TPSA) is 69.5 Å². The lowest BCUT2D eigenvalue weighted by Gasteiger charge is -2.35. The number of carbonyl (C=O) groups is 1. The molecule has 0 unspecified atom stereocenters. The smallest absolute Gasteiger partial charge is 0.229 e. The van der Waals surface area contributed by atoms with E-state index in [9.17, 15) is 4.79 Å².